The minimum absolute atomic E-state index is 0.00756. The first-order valence-corrected chi connectivity index (χ1v) is 12.0. The van der Waals surface area contributed by atoms with Crippen molar-refractivity contribution in [3.05, 3.63) is 53.1 Å². The van der Waals surface area contributed by atoms with E-state index in [2.05, 4.69) is 33.7 Å². The minimum atomic E-state index is -0.0165. The molecule has 0 fully saturated rings. The van der Waals surface area contributed by atoms with Crippen LogP contribution in [0.15, 0.2) is 36.4 Å². The molecule has 0 bridgehead atoms. The minimum Gasteiger partial charge on any atom is -0.490 e. The number of nitrogens with zero attached hydrogens (tertiary/aromatic N) is 3. The molecular formula is C25H27N5O2S. The molecule has 0 saturated carbocycles. The fourth-order valence-electron chi connectivity index (χ4n) is 4.15. The molecule has 1 aromatic heterocycles. The Morgan fingerprint density at radius 1 is 1.30 bits per heavy atom. The molecule has 0 radical (unpaired) electrons. The van der Waals surface area contributed by atoms with Crippen LogP contribution in [0.1, 0.15) is 55.8 Å². The Morgan fingerprint density at radius 3 is 2.88 bits per heavy atom. The van der Waals surface area contributed by atoms with E-state index < -0.39 is 0 Å². The first kappa shape index (κ1) is 22.9. The summed E-state index contributed by atoms with van der Waals surface area (Å²) in [7, 11) is 0. The van der Waals surface area contributed by atoms with Crippen molar-refractivity contribution in [1.82, 2.24) is 15.5 Å². The Bertz CT molecular complexity index is 1200. The molecule has 1 amide bonds. The van der Waals surface area contributed by atoms with Gasteiger partial charge in [0.05, 0.1) is 17.7 Å². The van der Waals surface area contributed by atoms with E-state index in [1.54, 1.807) is 6.07 Å². The second-order valence-corrected chi connectivity index (χ2v) is 9.30. The Morgan fingerprint density at radius 2 is 2.12 bits per heavy atom. The van der Waals surface area contributed by atoms with E-state index in [4.69, 9.17) is 10.5 Å². The van der Waals surface area contributed by atoms with Gasteiger partial charge in [0.25, 0.3) is 0 Å². The molecule has 0 saturated heterocycles. The number of nitrogens with two attached hydrogens (primary N) is 1. The van der Waals surface area contributed by atoms with Crippen LogP contribution in [0.2, 0.25) is 0 Å². The van der Waals surface area contributed by atoms with Crippen molar-refractivity contribution in [3.8, 4) is 33.0 Å². The Hall–Kier alpha value is -3.28. The van der Waals surface area contributed by atoms with Gasteiger partial charge in [-0.05, 0) is 62.4 Å². The van der Waals surface area contributed by atoms with Crippen LogP contribution in [0.25, 0.3) is 21.1 Å². The molecule has 33 heavy (non-hydrogen) atoms. The number of carbonyl (C=O) groups excluding carboxylic acids is 1. The van der Waals surface area contributed by atoms with Crippen molar-refractivity contribution < 1.29 is 9.53 Å². The summed E-state index contributed by atoms with van der Waals surface area (Å²) in [6, 6.07) is 13.9. The molecule has 1 aliphatic carbocycles. The number of benzene rings is 2. The van der Waals surface area contributed by atoms with Crippen LogP contribution in [0.4, 0.5) is 0 Å². The van der Waals surface area contributed by atoms with Gasteiger partial charge in [0.15, 0.2) is 0 Å². The van der Waals surface area contributed by atoms with Gasteiger partial charge in [0, 0.05) is 24.1 Å². The number of rotatable bonds is 7. The van der Waals surface area contributed by atoms with Crippen molar-refractivity contribution in [2.24, 2.45) is 5.73 Å². The predicted molar refractivity (Wildman–Crippen MR) is 129 cm³/mol. The van der Waals surface area contributed by atoms with E-state index in [1.807, 2.05) is 32.0 Å². The Labute approximate surface area is 197 Å². The second kappa shape index (κ2) is 10.1. The number of amides is 1. The molecule has 0 spiro atoms. The predicted octanol–water partition coefficient (Wildman–Crippen LogP) is 4.37. The molecule has 1 aliphatic rings. The van der Waals surface area contributed by atoms with Gasteiger partial charge in [-0.3, -0.25) is 4.79 Å². The quantitative estimate of drug-likeness (QED) is 0.540. The van der Waals surface area contributed by atoms with Crippen molar-refractivity contribution in [3.63, 3.8) is 0 Å². The van der Waals surface area contributed by atoms with Crippen molar-refractivity contribution >= 4 is 17.2 Å². The van der Waals surface area contributed by atoms with E-state index in [9.17, 15) is 10.1 Å². The third kappa shape index (κ3) is 5.05. The highest BCUT2D eigenvalue weighted by atomic mass is 32.1. The second-order valence-electron chi connectivity index (χ2n) is 8.33. The molecule has 0 aliphatic heterocycles. The first-order chi connectivity index (χ1) is 16.0. The summed E-state index contributed by atoms with van der Waals surface area (Å²) in [6.45, 7) is 4.21. The molecule has 1 atom stereocenters. The average Bonchev–Trinajstić information content (AvgIpc) is 3.29. The van der Waals surface area contributed by atoms with E-state index >= 15 is 0 Å². The van der Waals surface area contributed by atoms with Crippen LogP contribution < -0.4 is 15.8 Å². The smallest absolute Gasteiger partial charge is 0.221 e. The summed E-state index contributed by atoms with van der Waals surface area (Å²) in [5.41, 5.74) is 10.2. The van der Waals surface area contributed by atoms with Gasteiger partial charge >= 0.3 is 0 Å². The SMILES string of the molecule is CC(C)Oc1ccc(-c2nnc(-c3cccc4c3CCC[C@H]4NC(=O)CCN)s2)cc1C#N. The lowest BCUT2D eigenvalue weighted by molar-refractivity contribution is -0.121. The van der Waals surface area contributed by atoms with Gasteiger partial charge in [-0.15, -0.1) is 10.2 Å². The van der Waals surface area contributed by atoms with Gasteiger partial charge in [-0.25, -0.2) is 0 Å². The maximum Gasteiger partial charge on any atom is 0.221 e. The molecule has 2 aromatic carbocycles. The maximum absolute atomic E-state index is 12.1. The van der Waals surface area contributed by atoms with Gasteiger partial charge in [0.2, 0.25) is 5.91 Å². The van der Waals surface area contributed by atoms with Crippen LogP contribution in [0.5, 0.6) is 5.75 Å². The summed E-state index contributed by atoms with van der Waals surface area (Å²) >= 11 is 1.50. The topological polar surface area (TPSA) is 114 Å². The van der Waals surface area contributed by atoms with E-state index in [-0.39, 0.29) is 18.1 Å². The van der Waals surface area contributed by atoms with Crippen LogP contribution in [0, 0.1) is 11.3 Å². The number of ether oxygens (including phenoxy) is 1. The lowest BCUT2D eigenvalue weighted by Crippen LogP contribution is -2.32. The third-order valence-electron chi connectivity index (χ3n) is 5.58. The Balaban J connectivity index is 1.64. The molecule has 4 rings (SSSR count). The van der Waals surface area contributed by atoms with Crippen molar-refractivity contribution in [2.75, 3.05) is 6.54 Å². The largest absolute Gasteiger partial charge is 0.490 e. The number of carbonyl (C=O) groups is 1. The number of hydrogen-bond acceptors (Lipinski definition) is 7. The molecule has 8 heteroatoms. The number of fused-ring (bicyclic) bond motifs is 1. The van der Waals surface area contributed by atoms with E-state index in [0.29, 0.717) is 24.3 Å². The summed E-state index contributed by atoms with van der Waals surface area (Å²) in [4.78, 5) is 12.1. The highest BCUT2D eigenvalue weighted by molar-refractivity contribution is 7.17. The van der Waals surface area contributed by atoms with Gasteiger partial charge < -0.3 is 15.8 Å². The zero-order chi connectivity index (χ0) is 23.4. The van der Waals surface area contributed by atoms with Gasteiger partial charge in [-0.1, -0.05) is 29.5 Å². The van der Waals surface area contributed by atoms with Crippen LogP contribution in [0.3, 0.4) is 0 Å². The number of hydrogen-bond donors (Lipinski definition) is 2. The molecule has 3 aromatic rings. The van der Waals surface area contributed by atoms with Crippen molar-refractivity contribution in [1.29, 1.82) is 5.26 Å². The fourth-order valence-corrected chi connectivity index (χ4v) is 5.04. The van der Waals surface area contributed by atoms with Gasteiger partial charge in [-0.2, -0.15) is 5.26 Å². The normalized spacial score (nSPS) is 15.1. The molecule has 3 N–H and O–H groups in total. The lowest BCUT2D eigenvalue weighted by atomic mass is 9.85. The first-order valence-electron chi connectivity index (χ1n) is 11.2. The van der Waals surface area contributed by atoms with Crippen LogP contribution in [-0.4, -0.2) is 28.8 Å². The standard InChI is InChI=1S/C25H27N5O2S/c1-15(2)32-22-10-9-16(13-17(22)14-27)24-29-30-25(33-24)20-7-3-6-19-18(20)5-4-8-21(19)28-23(31)11-12-26/h3,6-7,9-10,13,15,21H,4-5,8,11-12,26H2,1-2H3,(H,28,31)/t21-/m1/s1. The van der Waals surface area contributed by atoms with E-state index in [1.165, 1.54) is 16.9 Å². The highest BCUT2D eigenvalue weighted by Gasteiger charge is 2.25. The van der Waals surface area contributed by atoms with E-state index in [0.717, 1.165) is 46.0 Å². The molecule has 1 heterocycles. The summed E-state index contributed by atoms with van der Waals surface area (Å²) in [6.07, 6.45) is 3.16. The summed E-state index contributed by atoms with van der Waals surface area (Å²) < 4.78 is 5.72. The molecular weight excluding hydrogens is 434 g/mol. The fraction of sp³-hybridized carbons (Fsp3) is 0.360. The average molecular weight is 462 g/mol. The number of nitriles is 1. The van der Waals surface area contributed by atoms with Gasteiger partial charge in [0.1, 0.15) is 21.8 Å². The molecule has 0 unspecified atom stereocenters. The Kier molecular flexibility index (Phi) is 7.02. The number of nitrogens with one attached hydrogen (secondary N) is 1. The highest BCUT2D eigenvalue weighted by Crippen LogP contribution is 2.39. The molecule has 7 nitrogen and oxygen atoms in total. The zero-order valence-corrected chi connectivity index (χ0v) is 19.6. The maximum atomic E-state index is 12.1. The van der Waals surface area contributed by atoms with Crippen LogP contribution >= 0.6 is 11.3 Å². The third-order valence-corrected chi connectivity index (χ3v) is 6.58. The summed E-state index contributed by atoms with van der Waals surface area (Å²) in [5.74, 6) is 0.554. The number of aromatic nitrogens is 2. The van der Waals surface area contributed by atoms with Crippen molar-refractivity contribution in [2.45, 2.75) is 51.7 Å². The molecule has 170 valence electrons. The lowest BCUT2D eigenvalue weighted by Gasteiger charge is -2.27. The van der Waals surface area contributed by atoms with Crippen LogP contribution in [-0.2, 0) is 11.2 Å². The monoisotopic (exact) mass is 461 g/mol. The zero-order valence-electron chi connectivity index (χ0n) is 18.8. The summed E-state index contributed by atoms with van der Waals surface area (Å²) in [5, 5.41) is 23.1.